The molecule has 18 heavy (non-hydrogen) atoms. The van der Waals surface area contributed by atoms with E-state index < -0.39 is 0 Å². The zero-order valence-electron chi connectivity index (χ0n) is 10.9. The lowest BCUT2D eigenvalue weighted by atomic mass is 10.1. The first-order valence-corrected chi connectivity index (χ1v) is 6.71. The van der Waals surface area contributed by atoms with Gasteiger partial charge in [0, 0.05) is 7.05 Å². The molecule has 0 N–H and O–H groups in total. The van der Waals surface area contributed by atoms with Gasteiger partial charge in [-0.25, -0.2) is 4.98 Å². The van der Waals surface area contributed by atoms with E-state index in [1.807, 2.05) is 26.1 Å². The minimum atomic E-state index is 0.906. The molecule has 3 nitrogen and oxygen atoms in total. The first kappa shape index (κ1) is 13.1. The van der Waals surface area contributed by atoms with Crippen LogP contribution in [-0.2, 0) is 19.9 Å². The fraction of sp³-hybridized carbons (Fsp3) is 0.357. The number of hydrogen-bond acceptors (Lipinski definition) is 2. The maximum Gasteiger partial charge on any atom is 0.119 e. The summed E-state index contributed by atoms with van der Waals surface area (Å²) in [6, 6.07) is 8.17. The molecule has 2 rings (SSSR count). The Kier molecular flexibility index (Phi) is 4.07. The average molecular weight is 309 g/mol. The van der Waals surface area contributed by atoms with Gasteiger partial charge in [0.25, 0.3) is 0 Å². The number of ether oxygens (including phenoxy) is 1. The number of benzene rings is 1. The number of aromatic nitrogens is 2. The van der Waals surface area contributed by atoms with Gasteiger partial charge in [-0.3, -0.25) is 0 Å². The van der Waals surface area contributed by atoms with E-state index >= 15 is 0 Å². The summed E-state index contributed by atoms with van der Waals surface area (Å²) >= 11 is 3.58. The Morgan fingerprint density at radius 2 is 2.11 bits per heavy atom. The van der Waals surface area contributed by atoms with Crippen LogP contribution >= 0.6 is 15.9 Å². The number of rotatable bonds is 4. The quantitative estimate of drug-likeness (QED) is 0.866. The first-order chi connectivity index (χ1) is 8.61. The van der Waals surface area contributed by atoms with Gasteiger partial charge in [-0.1, -0.05) is 12.1 Å². The molecule has 0 fully saturated rings. The van der Waals surface area contributed by atoms with Gasteiger partial charge in [0.05, 0.1) is 12.8 Å². The van der Waals surface area contributed by atoms with Gasteiger partial charge in [-0.2, -0.15) is 0 Å². The molecule has 96 valence electrons. The molecule has 0 aliphatic heterocycles. The van der Waals surface area contributed by atoms with Gasteiger partial charge in [-0.05, 0) is 53.4 Å². The lowest BCUT2D eigenvalue weighted by molar-refractivity contribution is 0.414. The third kappa shape index (κ3) is 2.75. The number of aryl methyl sites for hydroxylation is 3. The third-order valence-corrected chi connectivity index (χ3v) is 4.09. The van der Waals surface area contributed by atoms with Crippen LogP contribution < -0.4 is 4.74 Å². The van der Waals surface area contributed by atoms with Crippen LogP contribution in [-0.4, -0.2) is 16.7 Å². The van der Waals surface area contributed by atoms with Crippen molar-refractivity contribution in [3.8, 4) is 5.75 Å². The van der Waals surface area contributed by atoms with Gasteiger partial charge in [-0.15, -0.1) is 0 Å². The van der Waals surface area contributed by atoms with Crippen LogP contribution in [0.2, 0.25) is 0 Å². The van der Waals surface area contributed by atoms with Crippen molar-refractivity contribution in [1.82, 2.24) is 9.55 Å². The highest BCUT2D eigenvalue weighted by molar-refractivity contribution is 9.10. The zero-order chi connectivity index (χ0) is 13.1. The standard InChI is InChI=1S/C14H17BrN2O/c1-10-16-13(14(15)17(10)2)8-7-11-5-4-6-12(9-11)18-3/h4-6,9H,7-8H2,1-3H3. The van der Waals surface area contributed by atoms with Crippen molar-refractivity contribution in [2.45, 2.75) is 19.8 Å². The Balaban J connectivity index is 2.09. The second-order valence-electron chi connectivity index (χ2n) is 4.31. The van der Waals surface area contributed by atoms with E-state index in [0.29, 0.717) is 0 Å². The summed E-state index contributed by atoms with van der Waals surface area (Å²) in [5, 5.41) is 0. The smallest absolute Gasteiger partial charge is 0.119 e. The maximum absolute atomic E-state index is 5.22. The summed E-state index contributed by atoms with van der Waals surface area (Å²) in [5.41, 5.74) is 2.38. The molecule has 1 aromatic carbocycles. The number of halogens is 1. The van der Waals surface area contributed by atoms with E-state index in [0.717, 1.165) is 34.7 Å². The lowest BCUT2D eigenvalue weighted by Gasteiger charge is -2.04. The molecule has 0 radical (unpaired) electrons. The summed E-state index contributed by atoms with van der Waals surface area (Å²) in [6.45, 7) is 2.01. The largest absolute Gasteiger partial charge is 0.497 e. The van der Waals surface area contributed by atoms with Crippen molar-refractivity contribution >= 4 is 15.9 Å². The molecule has 1 aromatic heterocycles. The second kappa shape index (κ2) is 5.57. The molecule has 0 aliphatic rings. The Morgan fingerprint density at radius 3 is 2.72 bits per heavy atom. The highest BCUT2D eigenvalue weighted by atomic mass is 79.9. The summed E-state index contributed by atoms with van der Waals surface area (Å²) in [5.74, 6) is 1.94. The number of imidazole rings is 1. The SMILES string of the molecule is COc1cccc(CCc2nc(C)n(C)c2Br)c1. The molecule has 0 bridgehead atoms. The number of hydrogen-bond donors (Lipinski definition) is 0. The molecule has 0 saturated carbocycles. The van der Waals surface area contributed by atoms with Gasteiger partial charge in [0.1, 0.15) is 16.2 Å². The number of methoxy groups -OCH3 is 1. The summed E-state index contributed by atoms with van der Waals surface area (Å²) < 4.78 is 8.35. The van der Waals surface area contributed by atoms with Crippen molar-refractivity contribution in [1.29, 1.82) is 0 Å². The monoisotopic (exact) mass is 308 g/mol. The van der Waals surface area contributed by atoms with E-state index in [4.69, 9.17) is 4.74 Å². The van der Waals surface area contributed by atoms with Crippen LogP contribution in [0, 0.1) is 6.92 Å². The highest BCUT2D eigenvalue weighted by Crippen LogP contribution is 2.20. The van der Waals surface area contributed by atoms with Crippen LogP contribution in [0.1, 0.15) is 17.1 Å². The van der Waals surface area contributed by atoms with Gasteiger partial charge < -0.3 is 9.30 Å². The molecule has 0 unspecified atom stereocenters. The summed E-state index contributed by atoms with van der Waals surface area (Å²) in [6.07, 6.45) is 1.89. The Labute approximate surface area is 116 Å². The maximum atomic E-state index is 5.22. The highest BCUT2D eigenvalue weighted by Gasteiger charge is 2.09. The van der Waals surface area contributed by atoms with Crippen LogP contribution in [0.3, 0.4) is 0 Å². The summed E-state index contributed by atoms with van der Waals surface area (Å²) in [4.78, 5) is 4.55. The molecule has 0 spiro atoms. The lowest BCUT2D eigenvalue weighted by Crippen LogP contribution is -1.94. The van der Waals surface area contributed by atoms with E-state index in [1.54, 1.807) is 7.11 Å². The molecular weight excluding hydrogens is 292 g/mol. The molecule has 0 saturated heterocycles. The van der Waals surface area contributed by atoms with E-state index in [-0.39, 0.29) is 0 Å². The zero-order valence-corrected chi connectivity index (χ0v) is 12.5. The molecule has 2 aromatic rings. The van der Waals surface area contributed by atoms with Gasteiger partial charge in [0.15, 0.2) is 0 Å². The van der Waals surface area contributed by atoms with Crippen molar-refractivity contribution in [2.75, 3.05) is 7.11 Å². The fourth-order valence-electron chi connectivity index (χ4n) is 1.90. The van der Waals surface area contributed by atoms with E-state index in [1.165, 1.54) is 5.56 Å². The summed E-state index contributed by atoms with van der Waals surface area (Å²) in [7, 11) is 3.71. The second-order valence-corrected chi connectivity index (χ2v) is 5.06. The van der Waals surface area contributed by atoms with Crippen molar-refractivity contribution in [3.05, 3.63) is 46.0 Å². The Hall–Kier alpha value is -1.29. The van der Waals surface area contributed by atoms with Crippen molar-refractivity contribution < 1.29 is 4.74 Å². The molecule has 4 heteroatoms. The van der Waals surface area contributed by atoms with Gasteiger partial charge in [0.2, 0.25) is 0 Å². The van der Waals surface area contributed by atoms with Gasteiger partial charge >= 0.3 is 0 Å². The van der Waals surface area contributed by atoms with Crippen LogP contribution in [0.15, 0.2) is 28.9 Å². The average Bonchev–Trinajstić information content (AvgIpc) is 2.64. The predicted octanol–water partition coefficient (Wildman–Crippen LogP) is 3.28. The third-order valence-electron chi connectivity index (χ3n) is 3.10. The molecule has 1 heterocycles. The number of nitrogens with zero attached hydrogens (tertiary/aromatic N) is 2. The topological polar surface area (TPSA) is 27.1 Å². The fourth-order valence-corrected chi connectivity index (χ4v) is 2.45. The first-order valence-electron chi connectivity index (χ1n) is 5.92. The van der Waals surface area contributed by atoms with E-state index in [9.17, 15) is 0 Å². The molecular formula is C14H17BrN2O. The predicted molar refractivity (Wildman–Crippen MR) is 76.0 cm³/mol. The minimum absolute atomic E-state index is 0.906. The van der Waals surface area contributed by atoms with Crippen LogP contribution in [0.25, 0.3) is 0 Å². The van der Waals surface area contributed by atoms with Crippen molar-refractivity contribution in [3.63, 3.8) is 0 Å². The molecule has 0 aliphatic carbocycles. The molecule has 0 atom stereocenters. The van der Waals surface area contributed by atoms with Crippen LogP contribution in [0.4, 0.5) is 0 Å². The van der Waals surface area contributed by atoms with Crippen LogP contribution in [0.5, 0.6) is 5.75 Å². The minimum Gasteiger partial charge on any atom is -0.497 e. The van der Waals surface area contributed by atoms with E-state index in [2.05, 4.69) is 37.6 Å². The van der Waals surface area contributed by atoms with Crippen molar-refractivity contribution in [2.24, 2.45) is 7.05 Å². The molecule has 0 amide bonds. The Morgan fingerprint density at radius 1 is 1.33 bits per heavy atom. The Bertz CT molecular complexity index is 549. The normalized spacial score (nSPS) is 10.7.